The molecule has 1 saturated heterocycles. The van der Waals surface area contributed by atoms with E-state index in [1.807, 2.05) is 37.4 Å². The van der Waals surface area contributed by atoms with E-state index in [2.05, 4.69) is 10.3 Å². The summed E-state index contributed by atoms with van der Waals surface area (Å²) < 4.78 is 0. The zero-order valence-corrected chi connectivity index (χ0v) is 11.7. The van der Waals surface area contributed by atoms with Crippen LogP contribution in [-0.4, -0.2) is 42.0 Å². The molecule has 0 aliphatic carbocycles. The maximum Gasteiger partial charge on any atom is 0.255 e. The van der Waals surface area contributed by atoms with Crippen molar-refractivity contribution in [1.29, 1.82) is 0 Å². The van der Waals surface area contributed by atoms with Crippen LogP contribution in [0.15, 0.2) is 36.5 Å². The molecule has 2 aromatic rings. The molecule has 0 spiro atoms. The van der Waals surface area contributed by atoms with Gasteiger partial charge in [-0.3, -0.25) is 9.78 Å². The van der Waals surface area contributed by atoms with Crippen LogP contribution in [0.5, 0.6) is 0 Å². The molecule has 0 radical (unpaired) electrons. The molecule has 1 aromatic carbocycles. The van der Waals surface area contributed by atoms with Crippen LogP contribution in [-0.2, 0) is 0 Å². The lowest BCUT2D eigenvalue weighted by Crippen LogP contribution is -2.38. The van der Waals surface area contributed by atoms with E-state index in [-0.39, 0.29) is 5.91 Å². The van der Waals surface area contributed by atoms with Crippen molar-refractivity contribution in [3.8, 4) is 0 Å². The molecule has 4 heteroatoms. The first-order valence-electron chi connectivity index (χ1n) is 7.08. The molecule has 4 nitrogen and oxygen atoms in total. The second kappa shape index (κ2) is 5.59. The SMILES string of the molecule is CN(CC1CCCN1)C(=O)c1cccc2cccnc12. The fourth-order valence-corrected chi connectivity index (χ4v) is 2.81. The van der Waals surface area contributed by atoms with Crippen LogP contribution in [0.25, 0.3) is 10.9 Å². The number of amides is 1. The predicted octanol–water partition coefficient (Wildman–Crippen LogP) is 2.06. The fourth-order valence-electron chi connectivity index (χ4n) is 2.81. The van der Waals surface area contributed by atoms with Crippen molar-refractivity contribution >= 4 is 16.8 Å². The van der Waals surface area contributed by atoms with Crippen molar-refractivity contribution in [1.82, 2.24) is 15.2 Å². The summed E-state index contributed by atoms with van der Waals surface area (Å²) in [4.78, 5) is 18.8. The molecule has 20 heavy (non-hydrogen) atoms. The second-order valence-corrected chi connectivity index (χ2v) is 5.36. The molecule has 1 N–H and O–H groups in total. The summed E-state index contributed by atoms with van der Waals surface area (Å²) in [5.41, 5.74) is 1.47. The number of benzene rings is 1. The number of aromatic nitrogens is 1. The van der Waals surface area contributed by atoms with Gasteiger partial charge >= 0.3 is 0 Å². The van der Waals surface area contributed by atoms with Gasteiger partial charge in [0.1, 0.15) is 0 Å². The van der Waals surface area contributed by atoms with E-state index in [1.165, 1.54) is 6.42 Å². The number of rotatable bonds is 3. The molecule has 1 aliphatic rings. The summed E-state index contributed by atoms with van der Waals surface area (Å²) in [6, 6.07) is 10.1. The summed E-state index contributed by atoms with van der Waals surface area (Å²) in [6.45, 7) is 1.81. The average Bonchev–Trinajstić information content (AvgIpc) is 2.99. The number of fused-ring (bicyclic) bond motifs is 1. The number of pyridine rings is 1. The van der Waals surface area contributed by atoms with Gasteiger partial charge in [0.05, 0.1) is 11.1 Å². The Hall–Kier alpha value is -1.94. The normalized spacial score (nSPS) is 18.4. The lowest BCUT2D eigenvalue weighted by atomic mass is 10.1. The van der Waals surface area contributed by atoms with Crippen LogP contribution < -0.4 is 5.32 Å². The molecular weight excluding hydrogens is 250 g/mol. The second-order valence-electron chi connectivity index (χ2n) is 5.36. The quantitative estimate of drug-likeness (QED) is 0.927. The molecule has 1 fully saturated rings. The van der Waals surface area contributed by atoms with Gasteiger partial charge in [-0.25, -0.2) is 0 Å². The number of likely N-dealkylation sites (N-methyl/N-ethyl adjacent to an activating group) is 1. The van der Waals surface area contributed by atoms with Crippen LogP contribution in [0.3, 0.4) is 0 Å². The highest BCUT2D eigenvalue weighted by atomic mass is 16.2. The van der Waals surface area contributed by atoms with Crippen LogP contribution in [0.1, 0.15) is 23.2 Å². The molecule has 2 heterocycles. The standard InChI is InChI=1S/C16H19N3O/c1-19(11-13-7-4-9-17-13)16(20)14-8-2-5-12-6-3-10-18-15(12)14/h2-3,5-6,8,10,13,17H,4,7,9,11H2,1H3. The van der Waals surface area contributed by atoms with Crippen molar-refractivity contribution in [3.05, 3.63) is 42.1 Å². The number of carbonyl (C=O) groups is 1. The van der Waals surface area contributed by atoms with E-state index in [4.69, 9.17) is 0 Å². The van der Waals surface area contributed by atoms with Gasteiger partial charge < -0.3 is 10.2 Å². The molecule has 1 atom stereocenters. The van der Waals surface area contributed by atoms with Gasteiger partial charge in [0.15, 0.2) is 0 Å². The van der Waals surface area contributed by atoms with Gasteiger partial charge in [-0.05, 0) is 31.5 Å². The smallest absolute Gasteiger partial charge is 0.255 e. The third-order valence-electron chi connectivity index (χ3n) is 3.87. The van der Waals surface area contributed by atoms with Gasteiger partial charge in [-0.15, -0.1) is 0 Å². The molecule has 104 valence electrons. The number of carbonyl (C=O) groups excluding carboxylic acids is 1. The maximum atomic E-state index is 12.6. The van der Waals surface area contributed by atoms with E-state index in [1.54, 1.807) is 11.1 Å². The molecule has 1 unspecified atom stereocenters. The zero-order chi connectivity index (χ0) is 13.9. The Morgan fingerprint density at radius 1 is 1.40 bits per heavy atom. The Morgan fingerprint density at radius 3 is 3.05 bits per heavy atom. The largest absolute Gasteiger partial charge is 0.340 e. The molecule has 1 aromatic heterocycles. The van der Waals surface area contributed by atoms with Crippen LogP contribution in [0, 0.1) is 0 Å². The Kier molecular flexibility index (Phi) is 3.65. The number of nitrogens with one attached hydrogen (secondary N) is 1. The number of hydrogen-bond acceptors (Lipinski definition) is 3. The summed E-state index contributed by atoms with van der Waals surface area (Å²) >= 11 is 0. The highest BCUT2D eigenvalue weighted by molar-refractivity contribution is 6.05. The first kappa shape index (κ1) is 13.1. The van der Waals surface area contributed by atoms with Crippen LogP contribution in [0.4, 0.5) is 0 Å². The fraction of sp³-hybridized carbons (Fsp3) is 0.375. The Labute approximate surface area is 118 Å². The van der Waals surface area contributed by atoms with Crippen molar-refractivity contribution < 1.29 is 4.79 Å². The average molecular weight is 269 g/mol. The van der Waals surface area contributed by atoms with Crippen molar-refractivity contribution in [2.24, 2.45) is 0 Å². The van der Waals surface area contributed by atoms with Gasteiger partial charge in [-0.1, -0.05) is 18.2 Å². The van der Waals surface area contributed by atoms with Gasteiger partial charge in [0.2, 0.25) is 0 Å². The minimum absolute atomic E-state index is 0.0444. The monoisotopic (exact) mass is 269 g/mol. The molecular formula is C16H19N3O. The zero-order valence-electron chi connectivity index (χ0n) is 11.7. The van der Waals surface area contributed by atoms with Gasteiger partial charge in [-0.2, -0.15) is 0 Å². The number of para-hydroxylation sites is 1. The van der Waals surface area contributed by atoms with E-state index < -0.39 is 0 Å². The summed E-state index contributed by atoms with van der Waals surface area (Å²) in [6.07, 6.45) is 4.07. The van der Waals surface area contributed by atoms with Crippen molar-refractivity contribution in [3.63, 3.8) is 0 Å². The highest BCUT2D eigenvalue weighted by Crippen LogP contribution is 2.18. The first-order valence-corrected chi connectivity index (χ1v) is 7.08. The van der Waals surface area contributed by atoms with Gasteiger partial charge in [0, 0.05) is 31.2 Å². The molecule has 0 saturated carbocycles. The predicted molar refractivity (Wildman–Crippen MR) is 79.7 cm³/mol. The van der Waals surface area contributed by atoms with E-state index >= 15 is 0 Å². The first-order chi connectivity index (χ1) is 9.75. The summed E-state index contributed by atoms with van der Waals surface area (Å²) in [7, 11) is 1.87. The number of nitrogens with zero attached hydrogens (tertiary/aromatic N) is 2. The lowest BCUT2D eigenvalue weighted by Gasteiger charge is -2.21. The lowest BCUT2D eigenvalue weighted by molar-refractivity contribution is 0.0785. The van der Waals surface area contributed by atoms with Crippen molar-refractivity contribution in [2.45, 2.75) is 18.9 Å². The van der Waals surface area contributed by atoms with Crippen molar-refractivity contribution in [2.75, 3.05) is 20.1 Å². The number of hydrogen-bond donors (Lipinski definition) is 1. The molecule has 1 aliphatic heterocycles. The Morgan fingerprint density at radius 2 is 2.25 bits per heavy atom. The van der Waals surface area contributed by atoms with Gasteiger partial charge in [0.25, 0.3) is 5.91 Å². The van der Waals surface area contributed by atoms with Crippen LogP contribution in [0.2, 0.25) is 0 Å². The Balaban J connectivity index is 1.84. The molecule has 3 rings (SSSR count). The maximum absolute atomic E-state index is 12.6. The highest BCUT2D eigenvalue weighted by Gasteiger charge is 2.21. The van der Waals surface area contributed by atoms with E-state index in [0.717, 1.165) is 30.4 Å². The van der Waals surface area contributed by atoms with Crippen LogP contribution >= 0.6 is 0 Å². The third kappa shape index (κ3) is 2.51. The van der Waals surface area contributed by atoms with E-state index in [0.29, 0.717) is 11.6 Å². The molecule has 0 bridgehead atoms. The summed E-state index contributed by atoms with van der Waals surface area (Å²) in [5.74, 6) is 0.0444. The Bertz CT molecular complexity index is 615. The minimum atomic E-state index is 0.0444. The summed E-state index contributed by atoms with van der Waals surface area (Å²) in [5, 5.41) is 4.43. The molecule has 1 amide bonds. The topological polar surface area (TPSA) is 45.2 Å². The minimum Gasteiger partial charge on any atom is -0.340 e. The third-order valence-corrected chi connectivity index (χ3v) is 3.87. The van der Waals surface area contributed by atoms with E-state index in [9.17, 15) is 4.79 Å².